The molecular formula is C15H24N2O2. The van der Waals surface area contributed by atoms with Gasteiger partial charge in [0.1, 0.15) is 0 Å². The summed E-state index contributed by atoms with van der Waals surface area (Å²) in [6.07, 6.45) is 15.1. The lowest BCUT2D eigenvalue weighted by Gasteiger charge is -2.25. The first-order valence-electron chi connectivity index (χ1n) is 7.04. The number of amides is 1. The van der Waals surface area contributed by atoms with Crippen LogP contribution >= 0.6 is 0 Å². The summed E-state index contributed by atoms with van der Waals surface area (Å²) >= 11 is 0. The highest BCUT2D eigenvalue weighted by Crippen LogP contribution is 2.08. The van der Waals surface area contributed by atoms with Gasteiger partial charge in [-0.3, -0.25) is 4.79 Å². The number of hydrogen-bond acceptors (Lipinski definition) is 3. The van der Waals surface area contributed by atoms with Gasteiger partial charge in [-0.2, -0.15) is 0 Å². The monoisotopic (exact) mass is 264 g/mol. The Hall–Kier alpha value is -1.58. The number of nitrogens with zero attached hydrogens (tertiary/aromatic N) is 2. The molecule has 0 bridgehead atoms. The summed E-state index contributed by atoms with van der Waals surface area (Å²) < 4.78 is 0. The van der Waals surface area contributed by atoms with Crippen LogP contribution in [0.5, 0.6) is 0 Å². The van der Waals surface area contributed by atoms with Crippen LogP contribution in [0, 0.1) is 0 Å². The zero-order valence-corrected chi connectivity index (χ0v) is 11.8. The van der Waals surface area contributed by atoms with E-state index in [1.54, 1.807) is 6.21 Å². The minimum absolute atomic E-state index is 0.0360. The topological polar surface area (TPSA) is 41.9 Å². The Balaban J connectivity index is 2.06. The molecule has 1 rings (SSSR count). The van der Waals surface area contributed by atoms with Gasteiger partial charge in [-0.05, 0) is 45.1 Å². The first-order chi connectivity index (χ1) is 9.34. The average molecular weight is 264 g/mol. The number of unbranched alkanes of at least 4 members (excludes halogenated alkanes) is 1. The van der Waals surface area contributed by atoms with Crippen LogP contribution in [0.1, 0.15) is 39.0 Å². The molecule has 0 saturated carbocycles. The Morgan fingerprint density at radius 2 is 1.95 bits per heavy atom. The largest absolute Gasteiger partial charge is 0.386 e. The van der Waals surface area contributed by atoms with Gasteiger partial charge < -0.3 is 9.74 Å². The Bertz CT molecular complexity index is 329. The number of hydrogen-bond donors (Lipinski definition) is 0. The Kier molecular flexibility index (Phi) is 8.43. The molecule has 1 saturated heterocycles. The van der Waals surface area contributed by atoms with Gasteiger partial charge in [0, 0.05) is 13.1 Å². The van der Waals surface area contributed by atoms with Gasteiger partial charge in [0.2, 0.25) is 0 Å². The van der Waals surface area contributed by atoms with Crippen molar-refractivity contribution in [2.75, 3.05) is 19.7 Å². The lowest BCUT2D eigenvalue weighted by Crippen LogP contribution is -2.37. The highest BCUT2D eigenvalue weighted by molar-refractivity contribution is 5.77. The molecule has 106 valence electrons. The molecule has 1 fully saturated rings. The van der Waals surface area contributed by atoms with Crippen LogP contribution in [0.25, 0.3) is 0 Å². The molecule has 0 N–H and O–H groups in total. The lowest BCUT2D eigenvalue weighted by atomic mass is 10.1. The molecule has 0 radical (unpaired) electrons. The van der Waals surface area contributed by atoms with Gasteiger partial charge in [0.25, 0.3) is 5.91 Å². The van der Waals surface area contributed by atoms with E-state index >= 15 is 0 Å². The van der Waals surface area contributed by atoms with Crippen LogP contribution in [0.2, 0.25) is 0 Å². The van der Waals surface area contributed by atoms with Crippen LogP contribution in [-0.2, 0) is 9.63 Å². The maximum absolute atomic E-state index is 11.7. The molecular weight excluding hydrogens is 240 g/mol. The number of allylic oxidation sites excluding steroid dienone is 4. The Morgan fingerprint density at radius 3 is 2.68 bits per heavy atom. The second-order valence-electron chi connectivity index (χ2n) is 4.54. The molecule has 1 heterocycles. The molecule has 0 aliphatic carbocycles. The van der Waals surface area contributed by atoms with Gasteiger partial charge in [-0.25, -0.2) is 0 Å². The number of carbonyl (C=O) groups is 1. The third kappa shape index (κ3) is 7.44. The minimum atomic E-state index is 0.0360. The summed E-state index contributed by atoms with van der Waals surface area (Å²) in [5, 5.41) is 3.75. The van der Waals surface area contributed by atoms with Crippen molar-refractivity contribution >= 4 is 12.1 Å². The summed E-state index contributed by atoms with van der Waals surface area (Å²) in [5.74, 6) is 0.0360. The standard InChI is InChI=1S/C15H24N2O2/c1-2-3-4-5-6-8-11-16-19-14-15(18)17-12-9-7-10-13-17/h2-3,6,8,11H,4-5,7,9-10,12-14H2,1H3/b3-2+,8-6+,16-11-. The van der Waals surface area contributed by atoms with E-state index in [0.29, 0.717) is 0 Å². The smallest absolute Gasteiger partial charge is 0.263 e. The molecule has 1 aliphatic rings. The van der Waals surface area contributed by atoms with Gasteiger partial charge in [-0.1, -0.05) is 23.4 Å². The van der Waals surface area contributed by atoms with Crippen molar-refractivity contribution in [1.82, 2.24) is 4.90 Å². The van der Waals surface area contributed by atoms with E-state index in [1.807, 2.05) is 30.1 Å². The third-order valence-corrected chi connectivity index (χ3v) is 2.99. The first kappa shape index (κ1) is 15.5. The molecule has 4 nitrogen and oxygen atoms in total. The number of carbonyl (C=O) groups excluding carboxylic acids is 1. The highest BCUT2D eigenvalue weighted by atomic mass is 16.6. The SMILES string of the molecule is C/C=C/CC/C=C/C=N\OCC(=O)N1CCCCC1. The van der Waals surface area contributed by atoms with Crippen molar-refractivity contribution in [1.29, 1.82) is 0 Å². The predicted octanol–water partition coefficient (Wildman–Crippen LogP) is 2.91. The molecule has 1 amide bonds. The number of piperidine rings is 1. The fourth-order valence-electron chi connectivity index (χ4n) is 1.92. The maximum Gasteiger partial charge on any atom is 0.263 e. The zero-order chi connectivity index (χ0) is 13.8. The van der Waals surface area contributed by atoms with Gasteiger partial charge in [-0.15, -0.1) is 0 Å². The van der Waals surface area contributed by atoms with E-state index in [-0.39, 0.29) is 12.5 Å². The van der Waals surface area contributed by atoms with Crippen molar-refractivity contribution in [3.8, 4) is 0 Å². The van der Waals surface area contributed by atoms with E-state index in [0.717, 1.165) is 38.8 Å². The quantitative estimate of drug-likeness (QED) is 0.307. The first-order valence-corrected chi connectivity index (χ1v) is 7.04. The van der Waals surface area contributed by atoms with Crippen molar-refractivity contribution in [2.24, 2.45) is 5.16 Å². The third-order valence-electron chi connectivity index (χ3n) is 2.99. The van der Waals surface area contributed by atoms with Crippen molar-refractivity contribution in [3.05, 3.63) is 24.3 Å². The second-order valence-corrected chi connectivity index (χ2v) is 4.54. The number of rotatable bonds is 7. The van der Waals surface area contributed by atoms with E-state index in [4.69, 9.17) is 4.84 Å². The molecule has 0 aromatic heterocycles. The fourth-order valence-corrected chi connectivity index (χ4v) is 1.92. The van der Waals surface area contributed by atoms with E-state index < -0.39 is 0 Å². The maximum atomic E-state index is 11.7. The molecule has 0 atom stereocenters. The zero-order valence-electron chi connectivity index (χ0n) is 11.8. The minimum Gasteiger partial charge on any atom is -0.386 e. The Morgan fingerprint density at radius 1 is 1.21 bits per heavy atom. The second kappa shape index (κ2) is 10.4. The number of oxime groups is 1. The average Bonchev–Trinajstić information content (AvgIpc) is 2.46. The molecule has 0 unspecified atom stereocenters. The molecule has 0 aromatic carbocycles. The summed E-state index contributed by atoms with van der Waals surface area (Å²) in [7, 11) is 0. The van der Waals surface area contributed by atoms with E-state index in [2.05, 4.69) is 11.2 Å². The van der Waals surface area contributed by atoms with Crippen LogP contribution in [-0.4, -0.2) is 36.7 Å². The summed E-state index contributed by atoms with van der Waals surface area (Å²) in [6, 6.07) is 0. The normalized spacial score (nSPS) is 16.8. The summed E-state index contributed by atoms with van der Waals surface area (Å²) in [5.41, 5.74) is 0. The van der Waals surface area contributed by atoms with Crippen LogP contribution < -0.4 is 0 Å². The molecule has 4 heteroatoms. The predicted molar refractivity (Wildman–Crippen MR) is 78.1 cm³/mol. The van der Waals surface area contributed by atoms with Gasteiger partial charge in [0.15, 0.2) is 6.61 Å². The fraction of sp³-hybridized carbons (Fsp3) is 0.600. The van der Waals surface area contributed by atoms with Crippen molar-refractivity contribution in [3.63, 3.8) is 0 Å². The number of likely N-dealkylation sites (tertiary alicyclic amines) is 1. The molecule has 0 aromatic rings. The van der Waals surface area contributed by atoms with Gasteiger partial charge in [0.05, 0.1) is 6.21 Å². The van der Waals surface area contributed by atoms with Crippen LogP contribution in [0.15, 0.2) is 29.5 Å². The summed E-state index contributed by atoms with van der Waals surface area (Å²) in [4.78, 5) is 18.5. The van der Waals surface area contributed by atoms with E-state index in [1.165, 1.54) is 6.42 Å². The Labute approximate surface area is 115 Å². The summed E-state index contributed by atoms with van der Waals surface area (Å²) in [6.45, 7) is 3.77. The van der Waals surface area contributed by atoms with Gasteiger partial charge >= 0.3 is 0 Å². The van der Waals surface area contributed by atoms with E-state index in [9.17, 15) is 4.79 Å². The lowest BCUT2D eigenvalue weighted by molar-refractivity contribution is -0.136. The van der Waals surface area contributed by atoms with Crippen molar-refractivity contribution < 1.29 is 9.63 Å². The molecule has 1 aliphatic heterocycles. The molecule has 19 heavy (non-hydrogen) atoms. The van der Waals surface area contributed by atoms with Crippen molar-refractivity contribution in [2.45, 2.75) is 39.0 Å². The highest BCUT2D eigenvalue weighted by Gasteiger charge is 2.16. The van der Waals surface area contributed by atoms with Crippen LogP contribution in [0.3, 0.4) is 0 Å². The van der Waals surface area contributed by atoms with Crippen LogP contribution in [0.4, 0.5) is 0 Å². The molecule has 0 spiro atoms.